The maximum atomic E-state index is 4.07. The fraction of sp³-hybridized carbons (Fsp3) is 0.900. The Kier molecular flexibility index (Phi) is 8.46. The topological polar surface area (TPSA) is 24.4 Å². The van der Waals surface area contributed by atoms with Crippen LogP contribution < -0.4 is 5.32 Å². The zero-order valence-electron chi connectivity index (χ0n) is 8.64. The van der Waals surface area contributed by atoms with Crippen LogP contribution in [0, 0.1) is 5.92 Å². The molecular formula is C10H22N2. The standard InChI is InChI=1S/C10H22N2/c1-4-10(3)7-6-8-12-9-11-5-2/h5,10,12H,4,6-9H2,1-3H3. The van der Waals surface area contributed by atoms with Gasteiger partial charge in [-0.3, -0.25) is 10.3 Å². The maximum Gasteiger partial charge on any atom is 0.0880 e. The lowest BCUT2D eigenvalue weighted by atomic mass is 10.0. The molecule has 0 radical (unpaired) electrons. The average Bonchev–Trinajstić information content (AvgIpc) is 2.10. The molecule has 0 amide bonds. The molecular weight excluding hydrogens is 148 g/mol. The van der Waals surface area contributed by atoms with Crippen molar-refractivity contribution in [3.63, 3.8) is 0 Å². The third kappa shape index (κ3) is 7.73. The molecule has 0 aromatic heterocycles. The molecule has 1 atom stereocenters. The summed E-state index contributed by atoms with van der Waals surface area (Å²) in [5.74, 6) is 0.876. The molecule has 0 heterocycles. The minimum atomic E-state index is 0.775. The smallest absolute Gasteiger partial charge is 0.0880 e. The molecule has 2 nitrogen and oxygen atoms in total. The summed E-state index contributed by atoms with van der Waals surface area (Å²) >= 11 is 0. The van der Waals surface area contributed by atoms with Gasteiger partial charge >= 0.3 is 0 Å². The molecule has 0 rings (SSSR count). The molecule has 0 saturated carbocycles. The van der Waals surface area contributed by atoms with Crippen LogP contribution in [0.2, 0.25) is 0 Å². The first kappa shape index (κ1) is 11.6. The molecule has 72 valence electrons. The highest BCUT2D eigenvalue weighted by molar-refractivity contribution is 5.52. The average molecular weight is 170 g/mol. The van der Waals surface area contributed by atoms with Crippen molar-refractivity contribution in [3.8, 4) is 0 Å². The Hall–Kier alpha value is -0.370. The Morgan fingerprint density at radius 1 is 1.50 bits per heavy atom. The zero-order chi connectivity index (χ0) is 9.23. The Balaban J connectivity index is 3.00. The molecule has 0 saturated heterocycles. The van der Waals surface area contributed by atoms with Gasteiger partial charge in [0, 0.05) is 0 Å². The third-order valence-corrected chi connectivity index (χ3v) is 2.13. The second kappa shape index (κ2) is 8.72. The number of hydrogen-bond donors (Lipinski definition) is 1. The van der Waals surface area contributed by atoms with Crippen molar-refractivity contribution in [3.05, 3.63) is 0 Å². The van der Waals surface area contributed by atoms with Crippen LogP contribution in [0.1, 0.15) is 40.0 Å². The minimum absolute atomic E-state index is 0.775. The molecule has 0 aliphatic carbocycles. The number of rotatable bonds is 7. The molecule has 1 N–H and O–H groups in total. The Bertz CT molecular complexity index is 110. The molecule has 12 heavy (non-hydrogen) atoms. The predicted octanol–water partition coefficient (Wildman–Crippen LogP) is 2.45. The van der Waals surface area contributed by atoms with Gasteiger partial charge in [0.25, 0.3) is 0 Å². The van der Waals surface area contributed by atoms with Crippen LogP contribution in [0.15, 0.2) is 4.99 Å². The van der Waals surface area contributed by atoms with Crippen molar-refractivity contribution in [2.45, 2.75) is 40.0 Å². The van der Waals surface area contributed by atoms with E-state index in [4.69, 9.17) is 0 Å². The summed E-state index contributed by atoms with van der Waals surface area (Å²) in [5.41, 5.74) is 0. The first-order chi connectivity index (χ1) is 5.81. The van der Waals surface area contributed by atoms with E-state index >= 15 is 0 Å². The van der Waals surface area contributed by atoms with Crippen molar-refractivity contribution in [1.29, 1.82) is 0 Å². The lowest BCUT2D eigenvalue weighted by Gasteiger charge is -2.07. The molecule has 0 spiro atoms. The van der Waals surface area contributed by atoms with Gasteiger partial charge in [0.1, 0.15) is 0 Å². The van der Waals surface area contributed by atoms with E-state index in [1.807, 2.05) is 13.1 Å². The van der Waals surface area contributed by atoms with Crippen LogP contribution in [-0.4, -0.2) is 19.4 Å². The zero-order valence-corrected chi connectivity index (χ0v) is 8.64. The molecule has 0 bridgehead atoms. The molecule has 0 aliphatic heterocycles. The Labute approximate surface area is 76.5 Å². The predicted molar refractivity (Wildman–Crippen MR) is 55.7 cm³/mol. The second-order valence-electron chi connectivity index (χ2n) is 3.25. The second-order valence-corrected chi connectivity index (χ2v) is 3.25. The highest BCUT2D eigenvalue weighted by atomic mass is 15.0. The van der Waals surface area contributed by atoms with Gasteiger partial charge in [0.2, 0.25) is 0 Å². The quantitative estimate of drug-likeness (QED) is 0.460. The number of hydrogen-bond acceptors (Lipinski definition) is 2. The van der Waals surface area contributed by atoms with E-state index in [0.29, 0.717) is 0 Å². The maximum absolute atomic E-state index is 4.07. The van der Waals surface area contributed by atoms with Gasteiger partial charge in [0.05, 0.1) is 6.67 Å². The fourth-order valence-corrected chi connectivity index (χ4v) is 1.01. The number of nitrogens with zero attached hydrogens (tertiary/aromatic N) is 1. The van der Waals surface area contributed by atoms with Gasteiger partial charge < -0.3 is 0 Å². The van der Waals surface area contributed by atoms with Crippen LogP contribution in [0.4, 0.5) is 0 Å². The van der Waals surface area contributed by atoms with Gasteiger partial charge in [-0.15, -0.1) is 0 Å². The molecule has 0 fully saturated rings. The third-order valence-electron chi connectivity index (χ3n) is 2.13. The molecule has 0 aromatic rings. The van der Waals surface area contributed by atoms with Crippen LogP contribution in [-0.2, 0) is 0 Å². The van der Waals surface area contributed by atoms with Gasteiger partial charge in [0.15, 0.2) is 0 Å². The van der Waals surface area contributed by atoms with Crippen LogP contribution in [0.25, 0.3) is 0 Å². The van der Waals surface area contributed by atoms with E-state index < -0.39 is 0 Å². The highest BCUT2D eigenvalue weighted by Gasteiger charge is 1.96. The van der Waals surface area contributed by atoms with Gasteiger partial charge in [-0.2, -0.15) is 0 Å². The van der Waals surface area contributed by atoms with E-state index in [1.165, 1.54) is 19.3 Å². The molecule has 0 aromatic carbocycles. The minimum Gasteiger partial charge on any atom is -0.298 e. The van der Waals surface area contributed by atoms with Crippen LogP contribution in [0.5, 0.6) is 0 Å². The largest absolute Gasteiger partial charge is 0.298 e. The first-order valence-electron chi connectivity index (χ1n) is 4.96. The summed E-state index contributed by atoms with van der Waals surface area (Å²) in [5, 5.41) is 3.27. The number of nitrogens with one attached hydrogen (secondary N) is 1. The summed E-state index contributed by atoms with van der Waals surface area (Å²) < 4.78 is 0. The molecule has 2 heteroatoms. The summed E-state index contributed by atoms with van der Waals surface area (Å²) in [7, 11) is 0. The van der Waals surface area contributed by atoms with Crippen LogP contribution >= 0.6 is 0 Å². The Morgan fingerprint density at radius 3 is 2.83 bits per heavy atom. The van der Waals surface area contributed by atoms with Gasteiger partial charge in [-0.1, -0.05) is 20.3 Å². The van der Waals surface area contributed by atoms with Crippen molar-refractivity contribution < 1.29 is 0 Å². The SMILES string of the molecule is CC=NCNCCCC(C)CC. The highest BCUT2D eigenvalue weighted by Crippen LogP contribution is 2.07. The fourth-order valence-electron chi connectivity index (χ4n) is 1.01. The van der Waals surface area contributed by atoms with E-state index in [9.17, 15) is 0 Å². The van der Waals surface area contributed by atoms with E-state index in [0.717, 1.165) is 19.1 Å². The molecule has 1 unspecified atom stereocenters. The van der Waals surface area contributed by atoms with Gasteiger partial charge in [-0.05, 0) is 38.4 Å². The summed E-state index contributed by atoms with van der Waals surface area (Å²) in [6, 6.07) is 0. The lowest BCUT2D eigenvalue weighted by molar-refractivity contribution is 0.483. The van der Waals surface area contributed by atoms with Crippen molar-refractivity contribution in [1.82, 2.24) is 5.32 Å². The lowest BCUT2D eigenvalue weighted by Crippen LogP contribution is -2.15. The monoisotopic (exact) mass is 170 g/mol. The molecule has 0 aliphatic rings. The van der Waals surface area contributed by atoms with Crippen molar-refractivity contribution in [2.24, 2.45) is 10.9 Å². The van der Waals surface area contributed by atoms with Crippen molar-refractivity contribution >= 4 is 6.21 Å². The van der Waals surface area contributed by atoms with E-state index in [1.54, 1.807) is 0 Å². The normalized spacial score (nSPS) is 13.9. The Morgan fingerprint density at radius 2 is 2.25 bits per heavy atom. The van der Waals surface area contributed by atoms with E-state index in [2.05, 4.69) is 24.2 Å². The first-order valence-corrected chi connectivity index (χ1v) is 4.96. The van der Waals surface area contributed by atoms with Gasteiger partial charge in [-0.25, -0.2) is 0 Å². The van der Waals surface area contributed by atoms with E-state index in [-0.39, 0.29) is 0 Å². The van der Waals surface area contributed by atoms with Crippen LogP contribution in [0.3, 0.4) is 0 Å². The summed E-state index contributed by atoms with van der Waals surface area (Å²) in [4.78, 5) is 4.07. The summed E-state index contributed by atoms with van der Waals surface area (Å²) in [6.45, 7) is 8.38. The number of aliphatic imine (C=N–C) groups is 1. The summed E-state index contributed by atoms with van der Waals surface area (Å²) in [6.07, 6.45) is 5.74. The van der Waals surface area contributed by atoms with Crippen molar-refractivity contribution in [2.75, 3.05) is 13.2 Å².